The van der Waals surface area contributed by atoms with Crippen LogP contribution in [0.3, 0.4) is 0 Å². The molecule has 3 N–H and O–H groups in total. The lowest BCUT2D eigenvalue weighted by atomic mass is 10.0. The summed E-state index contributed by atoms with van der Waals surface area (Å²) >= 11 is 0. The molecule has 0 radical (unpaired) electrons. The normalized spacial score (nSPS) is 12.8. The number of aromatic nitrogens is 2. The number of nitrogens with one attached hydrogen (secondary N) is 3. The van der Waals surface area contributed by atoms with Gasteiger partial charge in [-0.1, -0.05) is 13.8 Å². The van der Waals surface area contributed by atoms with E-state index in [1.807, 2.05) is 6.20 Å². The van der Waals surface area contributed by atoms with E-state index in [0.29, 0.717) is 12.0 Å². The maximum Gasteiger partial charge on any atom is 0.191 e. The van der Waals surface area contributed by atoms with Gasteiger partial charge in [0.05, 0.1) is 12.3 Å². The van der Waals surface area contributed by atoms with E-state index in [2.05, 4.69) is 60.4 Å². The Hall–Kier alpha value is -0.830. The summed E-state index contributed by atoms with van der Waals surface area (Å²) in [6.07, 6.45) is 5.22. The molecule has 146 valence electrons. The Morgan fingerprint density at radius 2 is 2.08 bits per heavy atom. The Morgan fingerprint density at radius 3 is 2.64 bits per heavy atom. The third-order valence-electron chi connectivity index (χ3n) is 4.00. The summed E-state index contributed by atoms with van der Waals surface area (Å²) in [6, 6.07) is 0. The van der Waals surface area contributed by atoms with Gasteiger partial charge in [-0.25, -0.2) is 0 Å². The van der Waals surface area contributed by atoms with Crippen molar-refractivity contribution in [1.82, 2.24) is 20.8 Å². The molecule has 0 spiro atoms. The van der Waals surface area contributed by atoms with E-state index in [4.69, 9.17) is 4.74 Å². The van der Waals surface area contributed by atoms with Gasteiger partial charge in [-0.3, -0.25) is 10.1 Å². The van der Waals surface area contributed by atoms with Crippen LogP contribution in [0.5, 0.6) is 0 Å². The number of aliphatic imine (C=N–C) groups is 1. The molecule has 0 aliphatic carbocycles. The summed E-state index contributed by atoms with van der Waals surface area (Å²) in [5.41, 5.74) is 2.43. The molecule has 1 unspecified atom stereocenters. The number of rotatable bonds is 11. The number of guanidine groups is 1. The van der Waals surface area contributed by atoms with Gasteiger partial charge < -0.3 is 15.4 Å². The fourth-order valence-electron chi connectivity index (χ4n) is 2.59. The van der Waals surface area contributed by atoms with Gasteiger partial charge in [0.15, 0.2) is 5.96 Å². The van der Waals surface area contributed by atoms with E-state index in [1.165, 1.54) is 5.56 Å². The Balaban J connectivity index is 0.00000576. The topological polar surface area (TPSA) is 74.3 Å². The molecular formula is C18H36IN5O. The molecule has 1 aromatic heterocycles. The number of hydrogen-bond donors (Lipinski definition) is 3. The maximum atomic E-state index is 5.79. The summed E-state index contributed by atoms with van der Waals surface area (Å²) in [5, 5.41) is 13.7. The molecule has 25 heavy (non-hydrogen) atoms. The molecular weight excluding hydrogens is 429 g/mol. The SMILES string of the molecule is CCNC(=NCCCc1cn[nH]c1C)NCCC(OCC)C(C)C.I. The van der Waals surface area contributed by atoms with Crippen LogP contribution in [0.2, 0.25) is 0 Å². The number of aromatic amines is 1. The zero-order valence-corrected chi connectivity index (χ0v) is 18.7. The minimum absolute atomic E-state index is 0. The first-order valence-corrected chi connectivity index (χ1v) is 9.21. The molecule has 0 aliphatic rings. The van der Waals surface area contributed by atoms with Crippen LogP contribution >= 0.6 is 24.0 Å². The van der Waals surface area contributed by atoms with Gasteiger partial charge in [-0.05, 0) is 51.5 Å². The van der Waals surface area contributed by atoms with Crippen molar-refractivity contribution >= 4 is 29.9 Å². The zero-order valence-electron chi connectivity index (χ0n) is 16.4. The van der Waals surface area contributed by atoms with E-state index in [-0.39, 0.29) is 24.0 Å². The van der Waals surface area contributed by atoms with E-state index in [0.717, 1.165) is 57.2 Å². The molecule has 0 fully saturated rings. The first-order chi connectivity index (χ1) is 11.6. The smallest absolute Gasteiger partial charge is 0.191 e. The van der Waals surface area contributed by atoms with Gasteiger partial charge in [-0.15, -0.1) is 24.0 Å². The lowest BCUT2D eigenvalue weighted by Crippen LogP contribution is -2.39. The molecule has 6 nitrogen and oxygen atoms in total. The van der Waals surface area contributed by atoms with Crippen molar-refractivity contribution in [1.29, 1.82) is 0 Å². The average molecular weight is 465 g/mol. The van der Waals surface area contributed by atoms with Crippen LogP contribution in [0.25, 0.3) is 0 Å². The second-order valence-electron chi connectivity index (χ2n) is 6.34. The van der Waals surface area contributed by atoms with Crippen molar-refractivity contribution in [2.75, 3.05) is 26.2 Å². The van der Waals surface area contributed by atoms with Gasteiger partial charge in [0, 0.05) is 31.9 Å². The van der Waals surface area contributed by atoms with Crippen molar-refractivity contribution in [2.24, 2.45) is 10.9 Å². The number of halogens is 1. The van der Waals surface area contributed by atoms with Crippen molar-refractivity contribution < 1.29 is 4.74 Å². The van der Waals surface area contributed by atoms with Gasteiger partial charge in [0.25, 0.3) is 0 Å². The minimum Gasteiger partial charge on any atom is -0.378 e. The molecule has 0 aromatic carbocycles. The Labute approximate surface area is 170 Å². The predicted octanol–water partition coefficient (Wildman–Crippen LogP) is 3.28. The van der Waals surface area contributed by atoms with Crippen LogP contribution < -0.4 is 10.6 Å². The average Bonchev–Trinajstić information content (AvgIpc) is 2.95. The zero-order chi connectivity index (χ0) is 17.8. The third kappa shape index (κ3) is 10.0. The van der Waals surface area contributed by atoms with E-state index in [9.17, 15) is 0 Å². The van der Waals surface area contributed by atoms with Crippen LogP contribution in [0.1, 0.15) is 51.8 Å². The summed E-state index contributed by atoms with van der Waals surface area (Å²) < 4.78 is 5.79. The molecule has 1 atom stereocenters. The highest BCUT2D eigenvalue weighted by Crippen LogP contribution is 2.10. The molecule has 7 heteroatoms. The molecule has 0 saturated carbocycles. The van der Waals surface area contributed by atoms with Crippen LogP contribution in [0.4, 0.5) is 0 Å². The number of aryl methyl sites for hydroxylation is 2. The second kappa shape index (κ2) is 14.4. The Bertz CT molecular complexity index is 476. The van der Waals surface area contributed by atoms with Gasteiger partial charge in [0.1, 0.15) is 0 Å². The van der Waals surface area contributed by atoms with Crippen molar-refractivity contribution in [2.45, 2.75) is 60.0 Å². The molecule has 0 bridgehead atoms. The predicted molar refractivity (Wildman–Crippen MR) is 116 cm³/mol. The maximum absolute atomic E-state index is 5.79. The van der Waals surface area contributed by atoms with Crippen LogP contribution in [0.15, 0.2) is 11.2 Å². The first kappa shape index (κ1) is 24.2. The highest BCUT2D eigenvalue weighted by Gasteiger charge is 2.12. The Morgan fingerprint density at radius 1 is 1.32 bits per heavy atom. The fraction of sp³-hybridized carbons (Fsp3) is 0.778. The standard InChI is InChI=1S/C18H35N5O.HI/c1-6-19-18(21-12-10-17(14(3)4)24-7-2)20-11-8-9-16-13-22-23-15(16)5;/h13-14,17H,6-12H2,1-5H3,(H,22,23)(H2,19,20,21);1H. The summed E-state index contributed by atoms with van der Waals surface area (Å²) in [6.45, 7) is 13.9. The number of ether oxygens (including phenoxy) is 1. The van der Waals surface area contributed by atoms with Crippen molar-refractivity contribution in [3.63, 3.8) is 0 Å². The van der Waals surface area contributed by atoms with Crippen LogP contribution in [0, 0.1) is 12.8 Å². The minimum atomic E-state index is 0. The number of hydrogen-bond acceptors (Lipinski definition) is 3. The monoisotopic (exact) mass is 465 g/mol. The summed E-state index contributed by atoms with van der Waals surface area (Å²) in [7, 11) is 0. The lowest BCUT2D eigenvalue weighted by molar-refractivity contribution is 0.0258. The lowest BCUT2D eigenvalue weighted by Gasteiger charge is -2.21. The van der Waals surface area contributed by atoms with E-state index >= 15 is 0 Å². The van der Waals surface area contributed by atoms with E-state index < -0.39 is 0 Å². The quantitative estimate of drug-likeness (QED) is 0.203. The fourth-order valence-corrected chi connectivity index (χ4v) is 2.59. The third-order valence-corrected chi connectivity index (χ3v) is 4.00. The molecule has 0 aliphatic heterocycles. The molecule has 1 heterocycles. The molecule has 1 rings (SSSR count). The van der Waals surface area contributed by atoms with E-state index in [1.54, 1.807) is 0 Å². The first-order valence-electron chi connectivity index (χ1n) is 9.21. The van der Waals surface area contributed by atoms with Gasteiger partial charge in [-0.2, -0.15) is 5.10 Å². The summed E-state index contributed by atoms with van der Waals surface area (Å²) in [4.78, 5) is 4.65. The molecule has 0 amide bonds. The van der Waals surface area contributed by atoms with Crippen molar-refractivity contribution in [3.05, 3.63) is 17.5 Å². The molecule has 1 aromatic rings. The largest absolute Gasteiger partial charge is 0.378 e. The molecule has 0 saturated heterocycles. The van der Waals surface area contributed by atoms with Gasteiger partial charge >= 0.3 is 0 Å². The number of H-pyrrole nitrogens is 1. The summed E-state index contributed by atoms with van der Waals surface area (Å²) in [5.74, 6) is 1.42. The van der Waals surface area contributed by atoms with Gasteiger partial charge in [0.2, 0.25) is 0 Å². The second-order valence-corrected chi connectivity index (χ2v) is 6.34. The van der Waals surface area contributed by atoms with Crippen LogP contribution in [-0.2, 0) is 11.2 Å². The Kier molecular flexibility index (Phi) is 13.9. The van der Waals surface area contributed by atoms with Crippen LogP contribution in [-0.4, -0.2) is 48.5 Å². The highest BCUT2D eigenvalue weighted by molar-refractivity contribution is 14.0. The highest BCUT2D eigenvalue weighted by atomic mass is 127. The number of nitrogens with zero attached hydrogens (tertiary/aromatic N) is 2. The van der Waals surface area contributed by atoms with Crippen molar-refractivity contribution in [3.8, 4) is 0 Å².